The monoisotopic (exact) mass is 285 g/mol. The third-order valence-corrected chi connectivity index (χ3v) is 3.23. The van der Waals surface area contributed by atoms with Gasteiger partial charge in [0.05, 0.1) is 12.0 Å². The van der Waals surface area contributed by atoms with E-state index < -0.39 is 11.9 Å². The molecule has 1 aromatic heterocycles. The lowest BCUT2D eigenvalue weighted by molar-refractivity contribution is 0.0660. The van der Waals surface area contributed by atoms with Crippen molar-refractivity contribution < 1.29 is 23.8 Å². The van der Waals surface area contributed by atoms with E-state index >= 15 is 0 Å². The molecule has 21 heavy (non-hydrogen) atoms. The minimum atomic E-state index is -1.13. The van der Waals surface area contributed by atoms with Crippen LogP contribution in [0.1, 0.15) is 27.8 Å². The Kier molecular flexibility index (Phi) is 3.24. The van der Waals surface area contributed by atoms with Crippen LogP contribution in [0.4, 0.5) is 0 Å². The molecule has 0 bridgehead atoms. The predicted octanol–water partition coefficient (Wildman–Crippen LogP) is 2.56. The molecule has 0 spiro atoms. The number of carboxylic acid groups (broad SMARTS) is 1. The fraction of sp³-hybridized carbons (Fsp3) is 0.200. The Hall–Kier alpha value is -2.94. The second kappa shape index (κ2) is 5.21. The van der Waals surface area contributed by atoms with E-state index in [0.717, 1.165) is 5.56 Å². The van der Waals surface area contributed by atoms with Crippen molar-refractivity contribution in [1.82, 2.24) is 0 Å². The largest absolute Gasteiger partial charge is 0.475 e. The zero-order chi connectivity index (χ0) is 14.8. The first-order valence-electron chi connectivity index (χ1n) is 6.28. The molecule has 3 rings (SSSR count). The highest BCUT2D eigenvalue weighted by atomic mass is 16.7. The average molecular weight is 285 g/mol. The molecule has 1 aliphatic heterocycles. The van der Waals surface area contributed by atoms with Gasteiger partial charge in [0.15, 0.2) is 11.5 Å². The minimum Gasteiger partial charge on any atom is -0.475 e. The van der Waals surface area contributed by atoms with E-state index in [1.165, 1.54) is 6.07 Å². The van der Waals surface area contributed by atoms with Gasteiger partial charge in [-0.2, -0.15) is 5.26 Å². The Bertz CT molecular complexity index is 728. The quantitative estimate of drug-likeness (QED) is 0.928. The molecule has 0 saturated heterocycles. The normalized spacial score (nSPS) is 13.7. The summed E-state index contributed by atoms with van der Waals surface area (Å²) < 4.78 is 15.7. The molecular formula is C15H11NO5. The van der Waals surface area contributed by atoms with Gasteiger partial charge < -0.3 is 19.0 Å². The van der Waals surface area contributed by atoms with Gasteiger partial charge in [-0.3, -0.25) is 0 Å². The van der Waals surface area contributed by atoms with Crippen molar-refractivity contribution in [1.29, 1.82) is 5.26 Å². The first-order valence-corrected chi connectivity index (χ1v) is 6.28. The molecule has 106 valence electrons. The van der Waals surface area contributed by atoms with Crippen molar-refractivity contribution in [2.24, 2.45) is 0 Å². The van der Waals surface area contributed by atoms with E-state index in [9.17, 15) is 10.1 Å². The molecule has 1 atom stereocenters. The van der Waals surface area contributed by atoms with Crippen LogP contribution in [0.15, 0.2) is 34.7 Å². The van der Waals surface area contributed by atoms with Crippen LogP contribution in [0, 0.1) is 11.3 Å². The second-order valence-electron chi connectivity index (χ2n) is 4.57. The van der Waals surface area contributed by atoms with Crippen molar-refractivity contribution in [3.8, 4) is 17.6 Å². The summed E-state index contributed by atoms with van der Waals surface area (Å²) in [5.41, 5.74) is 0.773. The van der Waals surface area contributed by atoms with Gasteiger partial charge in [-0.1, -0.05) is 6.07 Å². The van der Waals surface area contributed by atoms with Gasteiger partial charge in [-0.15, -0.1) is 0 Å². The average Bonchev–Trinajstić information content (AvgIpc) is 3.12. The molecular weight excluding hydrogens is 274 g/mol. The van der Waals surface area contributed by atoms with E-state index in [4.69, 9.17) is 19.0 Å². The zero-order valence-electron chi connectivity index (χ0n) is 10.9. The molecule has 0 amide bonds. The van der Waals surface area contributed by atoms with E-state index in [1.807, 2.05) is 0 Å². The summed E-state index contributed by atoms with van der Waals surface area (Å²) in [7, 11) is 0. The van der Waals surface area contributed by atoms with Gasteiger partial charge in [0, 0.05) is 6.42 Å². The fourth-order valence-electron chi connectivity index (χ4n) is 2.17. The number of benzene rings is 1. The first kappa shape index (κ1) is 13.1. The Morgan fingerprint density at radius 3 is 2.81 bits per heavy atom. The standard InChI is InChI=1S/C15H11NO5/c16-7-10(5-11-2-4-13(21-11)15(17)18)9-1-3-12-14(6-9)20-8-19-12/h1-4,6,10H,5,8H2,(H,17,18). The molecule has 2 heterocycles. The number of hydrogen-bond donors (Lipinski definition) is 1. The van der Waals surface area contributed by atoms with Gasteiger partial charge in [0.25, 0.3) is 0 Å². The van der Waals surface area contributed by atoms with Crippen LogP contribution < -0.4 is 9.47 Å². The number of nitriles is 1. The van der Waals surface area contributed by atoms with Crippen LogP contribution in [0.5, 0.6) is 11.5 Å². The third-order valence-electron chi connectivity index (χ3n) is 3.23. The highest BCUT2D eigenvalue weighted by Crippen LogP contribution is 2.35. The minimum absolute atomic E-state index is 0.132. The van der Waals surface area contributed by atoms with Crippen molar-refractivity contribution in [2.75, 3.05) is 6.79 Å². The maximum atomic E-state index is 10.8. The maximum absolute atomic E-state index is 10.8. The number of hydrogen-bond acceptors (Lipinski definition) is 5. The first-order chi connectivity index (χ1) is 10.2. The number of nitrogens with zero attached hydrogens (tertiary/aromatic N) is 1. The predicted molar refractivity (Wildman–Crippen MR) is 70.3 cm³/mol. The second-order valence-corrected chi connectivity index (χ2v) is 4.57. The third kappa shape index (κ3) is 2.54. The number of furan rings is 1. The van der Waals surface area contributed by atoms with Crippen molar-refractivity contribution in [2.45, 2.75) is 12.3 Å². The summed E-state index contributed by atoms with van der Waals surface area (Å²) >= 11 is 0. The van der Waals surface area contributed by atoms with E-state index in [2.05, 4.69) is 6.07 Å². The molecule has 0 radical (unpaired) electrons. The van der Waals surface area contributed by atoms with Crippen LogP contribution in [0.25, 0.3) is 0 Å². The Balaban J connectivity index is 1.81. The Morgan fingerprint density at radius 2 is 2.10 bits per heavy atom. The van der Waals surface area contributed by atoms with Crippen LogP contribution in [0.3, 0.4) is 0 Å². The summed E-state index contributed by atoms with van der Waals surface area (Å²) in [5.74, 6) is 0.00847. The molecule has 0 fully saturated rings. The molecule has 1 aromatic carbocycles. The lowest BCUT2D eigenvalue weighted by Crippen LogP contribution is -2.00. The zero-order valence-corrected chi connectivity index (χ0v) is 10.9. The maximum Gasteiger partial charge on any atom is 0.371 e. The van der Waals surface area contributed by atoms with Crippen molar-refractivity contribution in [3.63, 3.8) is 0 Å². The highest BCUT2D eigenvalue weighted by molar-refractivity contribution is 5.84. The van der Waals surface area contributed by atoms with Gasteiger partial charge in [0.1, 0.15) is 5.76 Å². The summed E-state index contributed by atoms with van der Waals surface area (Å²) in [6.07, 6.45) is 0.295. The lowest BCUT2D eigenvalue weighted by atomic mass is 9.96. The fourth-order valence-corrected chi connectivity index (χ4v) is 2.17. The molecule has 1 unspecified atom stereocenters. The number of aromatic carboxylic acids is 1. The number of ether oxygens (including phenoxy) is 2. The van der Waals surface area contributed by atoms with E-state index in [0.29, 0.717) is 23.7 Å². The number of carboxylic acids is 1. The summed E-state index contributed by atoms with van der Waals surface area (Å²) in [5, 5.41) is 18.1. The van der Waals surface area contributed by atoms with Crippen LogP contribution in [-0.4, -0.2) is 17.9 Å². The summed E-state index contributed by atoms with van der Waals surface area (Å²) in [6.45, 7) is 0.177. The van der Waals surface area contributed by atoms with Crippen molar-refractivity contribution in [3.05, 3.63) is 47.4 Å². The molecule has 2 aromatic rings. The van der Waals surface area contributed by atoms with Crippen LogP contribution in [-0.2, 0) is 6.42 Å². The molecule has 6 nitrogen and oxygen atoms in total. The smallest absolute Gasteiger partial charge is 0.371 e. The van der Waals surface area contributed by atoms with Crippen LogP contribution >= 0.6 is 0 Å². The summed E-state index contributed by atoms with van der Waals surface area (Å²) in [6, 6.07) is 10.5. The highest BCUT2D eigenvalue weighted by Gasteiger charge is 2.20. The van der Waals surface area contributed by atoms with E-state index in [-0.39, 0.29) is 12.6 Å². The van der Waals surface area contributed by atoms with Gasteiger partial charge in [0.2, 0.25) is 12.6 Å². The lowest BCUT2D eigenvalue weighted by Gasteiger charge is -2.08. The molecule has 1 N–H and O–H groups in total. The Morgan fingerprint density at radius 1 is 1.29 bits per heavy atom. The number of carbonyl (C=O) groups is 1. The van der Waals surface area contributed by atoms with E-state index in [1.54, 1.807) is 24.3 Å². The van der Waals surface area contributed by atoms with Crippen LogP contribution in [0.2, 0.25) is 0 Å². The SMILES string of the molecule is N#CC(Cc1ccc(C(=O)O)o1)c1ccc2c(c1)OCO2. The van der Waals surface area contributed by atoms with Gasteiger partial charge in [-0.25, -0.2) is 4.79 Å². The van der Waals surface area contributed by atoms with Crippen molar-refractivity contribution >= 4 is 5.97 Å². The van der Waals surface area contributed by atoms with Gasteiger partial charge >= 0.3 is 5.97 Å². The molecule has 0 saturated carbocycles. The number of rotatable bonds is 4. The van der Waals surface area contributed by atoms with Gasteiger partial charge in [-0.05, 0) is 29.8 Å². The molecule has 0 aliphatic carbocycles. The summed E-state index contributed by atoms with van der Waals surface area (Å²) in [4.78, 5) is 10.8. The molecule has 6 heteroatoms. The number of fused-ring (bicyclic) bond motifs is 1. The molecule has 1 aliphatic rings. The Labute approximate surface area is 120 Å². The topological polar surface area (TPSA) is 92.7 Å².